The zero-order chi connectivity index (χ0) is 15.3. The van der Waals surface area contributed by atoms with Crippen molar-refractivity contribution in [3.63, 3.8) is 0 Å². The van der Waals surface area contributed by atoms with Gasteiger partial charge < -0.3 is 10.3 Å². The van der Waals surface area contributed by atoms with Crippen LogP contribution in [0.3, 0.4) is 0 Å². The van der Waals surface area contributed by atoms with E-state index in [1.165, 1.54) is 18.6 Å². The van der Waals surface area contributed by atoms with E-state index in [0.717, 1.165) is 13.0 Å². The fourth-order valence-electron chi connectivity index (χ4n) is 1.58. The van der Waals surface area contributed by atoms with Gasteiger partial charge in [0.05, 0.1) is 17.9 Å². The van der Waals surface area contributed by atoms with Crippen LogP contribution >= 0.6 is 11.6 Å². The molecule has 0 amide bonds. The van der Waals surface area contributed by atoms with Gasteiger partial charge in [-0.3, -0.25) is 0 Å². The maximum absolute atomic E-state index is 12.1. The molecule has 2 aromatic rings. The molecule has 0 aliphatic carbocycles. The molecule has 2 aromatic heterocycles. The Labute approximate surface area is 128 Å². The van der Waals surface area contributed by atoms with Crippen LogP contribution in [0.25, 0.3) is 0 Å². The minimum atomic E-state index is -3.67. The molecule has 0 radical (unpaired) electrons. The van der Waals surface area contributed by atoms with Gasteiger partial charge in [0.2, 0.25) is 10.0 Å². The number of imidazole rings is 1. The number of hydrogen-bond acceptors (Lipinski definition) is 5. The van der Waals surface area contributed by atoms with E-state index < -0.39 is 10.0 Å². The number of nitrogens with zero attached hydrogens (tertiary/aromatic N) is 2. The van der Waals surface area contributed by atoms with Crippen molar-refractivity contribution >= 4 is 27.4 Å². The number of sulfonamides is 1. The van der Waals surface area contributed by atoms with Gasteiger partial charge in [-0.25, -0.2) is 23.1 Å². The van der Waals surface area contributed by atoms with Crippen LogP contribution in [0, 0.1) is 0 Å². The maximum Gasteiger partial charge on any atom is 0.242 e. The lowest BCUT2D eigenvalue weighted by molar-refractivity contribution is 0.580. The zero-order valence-electron chi connectivity index (χ0n) is 11.4. The monoisotopic (exact) mass is 329 g/mol. The van der Waals surface area contributed by atoms with Gasteiger partial charge in [-0.05, 0) is 12.5 Å². The highest BCUT2D eigenvalue weighted by Gasteiger charge is 2.16. The second-order valence-corrected chi connectivity index (χ2v) is 6.50. The molecule has 0 unspecified atom stereocenters. The van der Waals surface area contributed by atoms with Crippen molar-refractivity contribution in [2.45, 2.75) is 24.8 Å². The molecule has 0 atom stereocenters. The molecule has 21 heavy (non-hydrogen) atoms. The van der Waals surface area contributed by atoms with Crippen LogP contribution in [0.2, 0.25) is 5.02 Å². The second-order valence-electron chi connectivity index (χ2n) is 4.33. The van der Waals surface area contributed by atoms with Gasteiger partial charge in [0.15, 0.2) is 0 Å². The Morgan fingerprint density at radius 1 is 1.38 bits per heavy atom. The van der Waals surface area contributed by atoms with E-state index in [-0.39, 0.29) is 16.5 Å². The highest BCUT2D eigenvalue weighted by atomic mass is 35.5. The summed E-state index contributed by atoms with van der Waals surface area (Å²) in [4.78, 5) is 10.7. The zero-order valence-corrected chi connectivity index (χ0v) is 13.0. The summed E-state index contributed by atoms with van der Waals surface area (Å²) in [6.07, 6.45) is 5.23. The van der Waals surface area contributed by atoms with Gasteiger partial charge >= 0.3 is 0 Å². The highest BCUT2D eigenvalue weighted by molar-refractivity contribution is 7.89. The second kappa shape index (κ2) is 6.88. The largest absolute Gasteiger partial charge is 0.369 e. The number of aromatic nitrogens is 3. The van der Waals surface area contributed by atoms with E-state index in [1.807, 2.05) is 6.92 Å². The molecule has 0 saturated heterocycles. The molecule has 114 valence electrons. The lowest BCUT2D eigenvalue weighted by atomic mass is 10.4. The summed E-state index contributed by atoms with van der Waals surface area (Å²) in [7, 11) is -3.67. The predicted molar refractivity (Wildman–Crippen MR) is 80.6 cm³/mol. The molecular weight excluding hydrogens is 314 g/mol. The third-order valence-corrected chi connectivity index (χ3v) is 4.33. The third-order valence-electron chi connectivity index (χ3n) is 2.68. The summed E-state index contributed by atoms with van der Waals surface area (Å²) >= 11 is 6.04. The summed E-state index contributed by atoms with van der Waals surface area (Å²) in [5.74, 6) is 0.478. The van der Waals surface area contributed by atoms with Crippen molar-refractivity contribution in [1.29, 1.82) is 0 Å². The van der Waals surface area contributed by atoms with E-state index in [4.69, 9.17) is 11.6 Å². The molecule has 0 aromatic carbocycles. The Morgan fingerprint density at radius 2 is 2.19 bits per heavy atom. The molecule has 0 aliphatic rings. The van der Waals surface area contributed by atoms with E-state index >= 15 is 0 Å². The first-order chi connectivity index (χ1) is 10.0. The first-order valence-corrected chi connectivity index (χ1v) is 8.25. The normalized spacial score (nSPS) is 11.5. The molecule has 2 heterocycles. The van der Waals surface area contributed by atoms with Gasteiger partial charge in [-0.1, -0.05) is 18.5 Å². The average molecular weight is 330 g/mol. The maximum atomic E-state index is 12.1. The van der Waals surface area contributed by atoms with Crippen LogP contribution in [0.4, 0.5) is 5.82 Å². The van der Waals surface area contributed by atoms with Crippen molar-refractivity contribution in [1.82, 2.24) is 19.7 Å². The Morgan fingerprint density at radius 3 is 2.81 bits per heavy atom. The number of H-pyrrole nitrogens is 1. The van der Waals surface area contributed by atoms with Crippen LogP contribution in [0.1, 0.15) is 19.0 Å². The molecule has 0 spiro atoms. The summed E-state index contributed by atoms with van der Waals surface area (Å²) in [5, 5.41) is 3.30. The Hall–Kier alpha value is -1.64. The Balaban J connectivity index is 2.10. The summed E-state index contributed by atoms with van der Waals surface area (Å²) < 4.78 is 26.7. The minimum absolute atomic E-state index is 0.0223. The molecule has 0 aliphatic heterocycles. The third kappa shape index (κ3) is 4.16. The number of pyridine rings is 1. The molecule has 2 rings (SSSR count). The van der Waals surface area contributed by atoms with Crippen molar-refractivity contribution in [2.75, 3.05) is 11.9 Å². The molecule has 0 saturated carbocycles. The van der Waals surface area contributed by atoms with E-state index in [1.54, 1.807) is 6.20 Å². The van der Waals surface area contributed by atoms with Gasteiger partial charge in [0.25, 0.3) is 0 Å². The Bertz CT molecular complexity index is 688. The SMILES string of the molecule is CCCNc1ncc(S(=O)(=O)NCc2cnc[nH]2)cc1Cl. The molecular formula is C12H16ClN5O2S. The number of rotatable bonds is 7. The summed E-state index contributed by atoms with van der Waals surface area (Å²) in [6.45, 7) is 2.85. The van der Waals surface area contributed by atoms with Crippen molar-refractivity contribution in [3.8, 4) is 0 Å². The molecule has 0 fully saturated rings. The topological polar surface area (TPSA) is 99.8 Å². The average Bonchev–Trinajstić information content (AvgIpc) is 2.97. The first kappa shape index (κ1) is 15.7. The van der Waals surface area contributed by atoms with Crippen LogP contribution in [0.15, 0.2) is 29.7 Å². The van der Waals surface area contributed by atoms with Crippen molar-refractivity contribution in [2.24, 2.45) is 0 Å². The molecule has 7 nitrogen and oxygen atoms in total. The standard InChI is InChI=1S/C12H16ClN5O2S/c1-2-3-15-12-11(13)4-10(7-16-12)21(19,20)18-6-9-5-14-8-17-9/h4-5,7-8,18H,2-3,6H2,1H3,(H,14,17)(H,15,16). The quantitative estimate of drug-likeness (QED) is 0.718. The first-order valence-electron chi connectivity index (χ1n) is 6.39. The summed E-state index contributed by atoms with van der Waals surface area (Å²) in [5.41, 5.74) is 0.666. The van der Waals surface area contributed by atoms with Crippen LogP contribution in [-0.4, -0.2) is 29.9 Å². The van der Waals surface area contributed by atoms with Gasteiger partial charge in [0, 0.05) is 24.6 Å². The number of halogens is 1. The number of anilines is 1. The lowest BCUT2D eigenvalue weighted by Crippen LogP contribution is -2.23. The smallest absolute Gasteiger partial charge is 0.242 e. The van der Waals surface area contributed by atoms with E-state index in [0.29, 0.717) is 11.5 Å². The predicted octanol–water partition coefficient (Wildman–Crippen LogP) is 1.76. The fraction of sp³-hybridized carbons (Fsp3) is 0.333. The van der Waals surface area contributed by atoms with Gasteiger partial charge in [0.1, 0.15) is 10.7 Å². The van der Waals surface area contributed by atoms with E-state index in [9.17, 15) is 8.42 Å². The number of hydrogen-bond donors (Lipinski definition) is 3. The van der Waals surface area contributed by atoms with Crippen LogP contribution in [-0.2, 0) is 16.6 Å². The fourth-order valence-corrected chi connectivity index (χ4v) is 2.85. The number of nitrogens with one attached hydrogen (secondary N) is 3. The molecule has 0 bridgehead atoms. The van der Waals surface area contributed by atoms with Crippen molar-refractivity contribution in [3.05, 3.63) is 35.5 Å². The Kier molecular flexibility index (Phi) is 5.16. The lowest BCUT2D eigenvalue weighted by Gasteiger charge is -2.09. The van der Waals surface area contributed by atoms with E-state index in [2.05, 4.69) is 25.0 Å². The molecule has 9 heteroatoms. The highest BCUT2D eigenvalue weighted by Crippen LogP contribution is 2.22. The molecule has 3 N–H and O–H groups in total. The van der Waals surface area contributed by atoms with Gasteiger partial charge in [-0.2, -0.15) is 0 Å². The van der Waals surface area contributed by atoms with Crippen molar-refractivity contribution < 1.29 is 8.42 Å². The summed E-state index contributed by atoms with van der Waals surface area (Å²) in [6, 6.07) is 1.38. The van der Waals surface area contributed by atoms with Crippen LogP contribution in [0.5, 0.6) is 0 Å². The van der Waals surface area contributed by atoms with Crippen LogP contribution < -0.4 is 10.0 Å². The number of aromatic amines is 1. The minimum Gasteiger partial charge on any atom is -0.369 e. The van der Waals surface area contributed by atoms with Gasteiger partial charge in [-0.15, -0.1) is 0 Å².